The maximum absolute atomic E-state index is 14.2. The lowest BCUT2D eigenvalue weighted by molar-refractivity contribution is -0.119. The molecular formula is C20H30FN3O. The van der Waals surface area contributed by atoms with Crippen LogP contribution in [0.25, 0.3) is 0 Å². The molecule has 2 N–H and O–H groups in total. The van der Waals surface area contributed by atoms with E-state index in [4.69, 9.17) is 0 Å². The first-order valence-electron chi connectivity index (χ1n) is 9.55. The van der Waals surface area contributed by atoms with Crippen molar-refractivity contribution in [2.24, 2.45) is 0 Å². The van der Waals surface area contributed by atoms with E-state index in [1.54, 1.807) is 13.0 Å². The second kappa shape index (κ2) is 8.17. The van der Waals surface area contributed by atoms with Gasteiger partial charge in [0, 0.05) is 38.1 Å². The fraction of sp³-hybridized carbons (Fsp3) is 0.650. The molecule has 1 heterocycles. The number of amides is 1. The topological polar surface area (TPSA) is 44.4 Å². The van der Waals surface area contributed by atoms with Crippen molar-refractivity contribution in [1.82, 2.24) is 10.6 Å². The van der Waals surface area contributed by atoms with E-state index in [1.807, 2.05) is 19.1 Å². The Morgan fingerprint density at radius 2 is 1.84 bits per heavy atom. The minimum absolute atomic E-state index is 0.0690. The normalized spacial score (nSPS) is 27.2. The van der Waals surface area contributed by atoms with E-state index in [0.29, 0.717) is 18.1 Å². The first-order valence-corrected chi connectivity index (χ1v) is 9.55. The monoisotopic (exact) mass is 347 g/mol. The molecule has 1 saturated heterocycles. The zero-order valence-electron chi connectivity index (χ0n) is 15.4. The van der Waals surface area contributed by atoms with Crippen molar-refractivity contribution < 1.29 is 9.18 Å². The second-order valence-corrected chi connectivity index (χ2v) is 7.66. The van der Waals surface area contributed by atoms with Crippen LogP contribution in [0.1, 0.15) is 51.0 Å². The lowest BCUT2D eigenvalue weighted by atomic mass is 9.90. The van der Waals surface area contributed by atoms with Crippen LogP contribution in [-0.2, 0) is 4.79 Å². The average Bonchev–Trinajstić information content (AvgIpc) is 2.59. The molecule has 1 amide bonds. The van der Waals surface area contributed by atoms with Gasteiger partial charge in [-0.3, -0.25) is 4.79 Å². The van der Waals surface area contributed by atoms with Crippen molar-refractivity contribution in [3.63, 3.8) is 0 Å². The van der Waals surface area contributed by atoms with Gasteiger partial charge >= 0.3 is 0 Å². The summed E-state index contributed by atoms with van der Waals surface area (Å²) < 4.78 is 14.2. The predicted octanol–water partition coefficient (Wildman–Crippen LogP) is 3.14. The Morgan fingerprint density at radius 1 is 1.12 bits per heavy atom. The maximum Gasteiger partial charge on any atom is 0.217 e. The highest BCUT2D eigenvalue weighted by Gasteiger charge is 2.27. The number of halogens is 1. The van der Waals surface area contributed by atoms with Crippen molar-refractivity contribution in [2.75, 3.05) is 18.0 Å². The van der Waals surface area contributed by atoms with Crippen LogP contribution in [-0.4, -0.2) is 37.1 Å². The van der Waals surface area contributed by atoms with Gasteiger partial charge in [0.05, 0.1) is 5.69 Å². The summed E-state index contributed by atoms with van der Waals surface area (Å²) in [5.41, 5.74) is 1.84. The van der Waals surface area contributed by atoms with Crippen molar-refractivity contribution in [1.29, 1.82) is 0 Å². The fourth-order valence-corrected chi connectivity index (χ4v) is 4.22. The number of carbonyl (C=O) groups is 1. The van der Waals surface area contributed by atoms with E-state index >= 15 is 0 Å². The molecule has 1 aromatic carbocycles. The second-order valence-electron chi connectivity index (χ2n) is 7.66. The minimum atomic E-state index is -0.123. The molecule has 25 heavy (non-hydrogen) atoms. The molecule has 0 spiro atoms. The van der Waals surface area contributed by atoms with E-state index in [0.717, 1.165) is 62.9 Å². The Bertz CT molecular complexity index is 599. The summed E-state index contributed by atoms with van der Waals surface area (Å²) in [6.45, 7) is 5.39. The summed E-state index contributed by atoms with van der Waals surface area (Å²) in [6, 6.07) is 6.61. The Balaban J connectivity index is 1.52. The molecule has 3 rings (SSSR count). The number of rotatable bonds is 4. The number of anilines is 1. The summed E-state index contributed by atoms with van der Waals surface area (Å²) >= 11 is 0. The number of carbonyl (C=O) groups excluding carboxylic acids is 1. The first-order chi connectivity index (χ1) is 12.0. The number of aryl methyl sites for hydroxylation is 1. The van der Waals surface area contributed by atoms with Crippen LogP contribution in [0.4, 0.5) is 10.1 Å². The molecule has 1 aliphatic carbocycles. The Kier molecular flexibility index (Phi) is 5.94. The summed E-state index contributed by atoms with van der Waals surface area (Å²) in [6.07, 6.45) is 6.52. The van der Waals surface area contributed by atoms with Gasteiger partial charge in [-0.05, 0) is 63.1 Å². The van der Waals surface area contributed by atoms with Gasteiger partial charge in [-0.25, -0.2) is 4.39 Å². The lowest BCUT2D eigenvalue weighted by Gasteiger charge is -2.38. The van der Waals surface area contributed by atoms with Gasteiger partial charge in [-0.2, -0.15) is 0 Å². The number of hydrogen-bond donors (Lipinski definition) is 2. The number of nitrogens with zero attached hydrogens (tertiary/aromatic N) is 1. The fourth-order valence-electron chi connectivity index (χ4n) is 4.22. The van der Waals surface area contributed by atoms with Crippen LogP contribution in [0.5, 0.6) is 0 Å². The zero-order valence-corrected chi connectivity index (χ0v) is 15.4. The van der Waals surface area contributed by atoms with Crippen LogP contribution >= 0.6 is 0 Å². The van der Waals surface area contributed by atoms with Crippen molar-refractivity contribution >= 4 is 11.6 Å². The smallest absolute Gasteiger partial charge is 0.217 e. The van der Waals surface area contributed by atoms with E-state index in [2.05, 4.69) is 15.5 Å². The SMILES string of the molecule is CC(=O)NC1CCC(NC2CCCN(c3cc(C)ccc3F)C2)CC1. The summed E-state index contributed by atoms with van der Waals surface area (Å²) in [5, 5.41) is 6.82. The Labute approximate surface area is 150 Å². The molecule has 1 saturated carbocycles. The molecule has 0 radical (unpaired) electrons. The minimum Gasteiger partial charge on any atom is -0.368 e. The number of hydrogen-bond acceptors (Lipinski definition) is 3. The van der Waals surface area contributed by atoms with Gasteiger partial charge in [0.1, 0.15) is 5.82 Å². The molecule has 2 fully saturated rings. The highest BCUT2D eigenvalue weighted by Crippen LogP contribution is 2.26. The standard InChI is InChI=1S/C20H30FN3O/c1-14-5-10-19(21)20(12-14)24-11-3-4-18(13-24)23-17-8-6-16(7-9-17)22-15(2)25/h5,10,12,16-18,23H,3-4,6-9,11,13H2,1-2H3,(H,22,25). The Hall–Kier alpha value is -1.62. The van der Waals surface area contributed by atoms with Gasteiger partial charge in [-0.15, -0.1) is 0 Å². The molecule has 1 unspecified atom stereocenters. The van der Waals surface area contributed by atoms with Crippen LogP contribution in [0.2, 0.25) is 0 Å². The highest BCUT2D eigenvalue weighted by atomic mass is 19.1. The Morgan fingerprint density at radius 3 is 2.56 bits per heavy atom. The molecule has 2 aliphatic rings. The van der Waals surface area contributed by atoms with Gasteiger partial charge < -0.3 is 15.5 Å². The van der Waals surface area contributed by atoms with Crippen molar-refractivity contribution in [3.05, 3.63) is 29.6 Å². The molecule has 1 aliphatic heterocycles. The van der Waals surface area contributed by atoms with Gasteiger partial charge in [0.15, 0.2) is 0 Å². The number of nitrogens with one attached hydrogen (secondary N) is 2. The maximum atomic E-state index is 14.2. The van der Waals surface area contributed by atoms with Crippen LogP contribution in [0.15, 0.2) is 18.2 Å². The van der Waals surface area contributed by atoms with Crippen LogP contribution in [0, 0.1) is 12.7 Å². The van der Waals surface area contributed by atoms with Gasteiger partial charge in [0.2, 0.25) is 5.91 Å². The summed E-state index contributed by atoms with van der Waals surface area (Å²) in [7, 11) is 0. The zero-order chi connectivity index (χ0) is 17.8. The molecule has 1 aromatic rings. The molecule has 0 aromatic heterocycles. The van der Waals surface area contributed by atoms with Gasteiger partial charge in [0.25, 0.3) is 0 Å². The quantitative estimate of drug-likeness (QED) is 0.879. The summed E-state index contributed by atoms with van der Waals surface area (Å²) in [4.78, 5) is 13.4. The van der Waals surface area contributed by atoms with E-state index in [1.165, 1.54) is 0 Å². The van der Waals surface area contributed by atoms with Crippen LogP contribution < -0.4 is 15.5 Å². The summed E-state index contributed by atoms with van der Waals surface area (Å²) in [5.74, 6) is -0.0541. The number of piperidine rings is 1. The molecule has 138 valence electrons. The molecule has 4 nitrogen and oxygen atoms in total. The molecule has 0 bridgehead atoms. The van der Waals surface area contributed by atoms with Gasteiger partial charge in [-0.1, -0.05) is 6.07 Å². The van der Waals surface area contributed by atoms with E-state index < -0.39 is 0 Å². The van der Waals surface area contributed by atoms with Crippen LogP contribution in [0.3, 0.4) is 0 Å². The van der Waals surface area contributed by atoms with Crippen molar-refractivity contribution in [3.8, 4) is 0 Å². The highest BCUT2D eigenvalue weighted by molar-refractivity contribution is 5.73. The van der Waals surface area contributed by atoms with Crippen molar-refractivity contribution in [2.45, 2.75) is 70.5 Å². The van der Waals surface area contributed by atoms with E-state index in [9.17, 15) is 9.18 Å². The molecule has 1 atom stereocenters. The first kappa shape index (κ1) is 18.2. The third kappa shape index (κ3) is 4.94. The average molecular weight is 347 g/mol. The number of benzene rings is 1. The third-order valence-corrected chi connectivity index (χ3v) is 5.47. The largest absolute Gasteiger partial charge is 0.368 e. The third-order valence-electron chi connectivity index (χ3n) is 5.47. The molecular weight excluding hydrogens is 317 g/mol. The van der Waals surface area contributed by atoms with E-state index in [-0.39, 0.29) is 11.7 Å². The lowest BCUT2D eigenvalue weighted by Crippen LogP contribution is -2.51. The molecule has 5 heteroatoms. The predicted molar refractivity (Wildman–Crippen MR) is 99.4 cm³/mol.